The zero-order valence-electron chi connectivity index (χ0n) is 17.3. The predicted octanol–water partition coefficient (Wildman–Crippen LogP) is 5.73. The highest BCUT2D eigenvalue weighted by molar-refractivity contribution is 6.67. The zero-order valence-corrected chi connectivity index (χ0v) is 19.5. The molecule has 2 N–H and O–H groups in total. The second-order valence-electron chi connectivity index (χ2n) is 7.69. The number of alkyl halides is 3. The van der Waals surface area contributed by atoms with E-state index in [0.717, 1.165) is 29.3 Å². The summed E-state index contributed by atoms with van der Waals surface area (Å²) in [6.07, 6.45) is 5.18. The molecule has 9 nitrogen and oxygen atoms in total. The van der Waals surface area contributed by atoms with Gasteiger partial charge in [-0.1, -0.05) is 34.8 Å². The van der Waals surface area contributed by atoms with Crippen LogP contribution in [0, 0.1) is 10.1 Å². The Morgan fingerprint density at radius 2 is 2.18 bits per heavy atom. The van der Waals surface area contributed by atoms with E-state index >= 15 is 0 Å². The summed E-state index contributed by atoms with van der Waals surface area (Å²) in [4.78, 5) is 32.3. The summed E-state index contributed by atoms with van der Waals surface area (Å²) >= 11 is 17.1. The maximum Gasteiger partial charge on any atom is 0.410 e. The molecule has 1 aliphatic rings. The minimum absolute atomic E-state index is 0.0552. The highest BCUT2D eigenvalue weighted by atomic mass is 35.6. The first kappa shape index (κ1) is 23.4. The number of carbonyl (C=O) groups excluding carboxylic acids is 1. The van der Waals surface area contributed by atoms with E-state index in [1.807, 2.05) is 24.4 Å². The van der Waals surface area contributed by atoms with Gasteiger partial charge in [-0.05, 0) is 49.1 Å². The first-order chi connectivity index (χ1) is 15.7. The lowest BCUT2D eigenvalue weighted by Crippen LogP contribution is -2.38. The summed E-state index contributed by atoms with van der Waals surface area (Å²) in [5.41, 5.74) is 2.47. The van der Waals surface area contributed by atoms with E-state index in [4.69, 9.17) is 39.5 Å². The van der Waals surface area contributed by atoms with Crippen molar-refractivity contribution in [2.75, 3.05) is 18.5 Å². The third-order valence-corrected chi connectivity index (χ3v) is 5.77. The largest absolute Gasteiger partial charge is 0.445 e. The molecule has 1 saturated heterocycles. The number of halogens is 3. The molecule has 0 saturated carbocycles. The van der Waals surface area contributed by atoms with E-state index in [0.29, 0.717) is 18.7 Å². The number of nitrogens with zero attached hydrogens (tertiary/aromatic N) is 3. The Balaban J connectivity index is 1.52. The van der Waals surface area contributed by atoms with Crippen LogP contribution in [0.15, 0.2) is 42.7 Å². The molecule has 1 aliphatic heterocycles. The molecule has 0 radical (unpaired) electrons. The highest BCUT2D eigenvalue weighted by Crippen LogP contribution is 2.31. The van der Waals surface area contributed by atoms with E-state index in [-0.39, 0.29) is 24.2 Å². The molecule has 0 unspecified atom stereocenters. The summed E-state index contributed by atoms with van der Waals surface area (Å²) in [6, 6.07) is 8.46. The van der Waals surface area contributed by atoms with Crippen LogP contribution in [0.1, 0.15) is 18.4 Å². The lowest BCUT2D eigenvalue weighted by Gasteiger charge is -2.25. The predicted molar refractivity (Wildman–Crippen MR) is 128 cm³/mol. The molecule has 33 heavy (non-hydrogen) atoms. The standard InChI is InChI=1S/C21H20Cl3N5O4/c22-21(23,24)12-33-20(30)28-8-2-3-15(28)9-13-11-26-17-6-5-14(10-16(13)17)27-19-18(29(31)32)4-1-7-25-19/h1,4-7,10-11,15,26H,2-3,8-9,12H2,(H,25,27)/t15-/m1/s1. The van der Waals surface area contributed by atoms with Crippen LogP contribution in [0.4, 0.5) is 22.0 Å². The van der Waals surface area contributed by atoms with Gasteiger partial charge in [-0.2, -0.15) is 0 Å². The average molecular weight is 513 g/mol. The summed E-state index contributed by atoms with van der Waals surface area (Å²) in [5, 5.41) is 15.2. The van der Waals surface area contributed by atoms with Gasteiger partial charge in [0.2, 0.25) is 9.61 Å². The summed E-state index contributed by atoms with van der Waals surface area (Å²) in [7, 11) is 0. The minimum Gasteiger partial charge on any atom is -0.445 e. The summed E-state index contributed by atoms with van der Waals surface area (Å²) in [5.74, 6) is 0.164. The molecular formula is C21H20Cl3N5O4. The number of likely N-dealkylation sites (tertiary alicyclic amines) is 1. The van der Waals surface area contributed by atoms with Gasteiger partial charge in [-0.25, -0.2) is 9.78 Å². The minimum atomic E-state index is -1.66. The second-order valence-corrected chi connectivity index (χ2v) is 10.2. The smallest absolute Gasteiger partial charge is 0.410 e. The van der Waals surface area contributed by atoms with Gasteiger partial charge < -0.3 is 19.9 Å². The maximum atomic E-state index is 12.5. The lowest BCUT2D eigenvalue weighted by atomic mass is 10.0. The first-order valence-corrected chi connectivity index (χ1v) is 11.3. The van der Waals surface area contributed by atoms with Crippen LogP contribution in [0.3, 0.4) is 0 Å². The molecule has 1 aromatic carbocycles. The number of aromatic nitrogens is 2. The van der Waals surface area contributed by atoms with Crippen LogP contribution in [0.2, 0.25) is 0 Å². The van der Waals surface area contributed by atoms with Crippen molar-refractivity contribution in [2.45, 2.75) is 29.1 Å². The average Bonchev–Trinajstić information content (AvgIpc) is 3.39. The maximum absolute atomic E-state index is 12.5. The topological polar surface area (TPSA) is 113 Å². The van der Waals surface area contributed by atoms with Crippen molar-refractivity contribution in [2.24, 2.45) is 0 Å². The monoisotopic (exact) mass is 511 g/mol. The van der Waals surface area contributed by atoms with Crippen LogP contribution < -0.4 is 5.32 Å². The molecule has 0 spiro atoms. The third kappa shape index (κ3) is 5.61. The van der Waals surface area contributed by atoms with Crippen molar-refractivity contribution < 1.29 is 14.5 Å². The molecule has 1 atom stereocenters. The van der Waals surface area contributed by atoms with Crippen LogP contribution in [-0.2, 0) is 11.2 Å². The number of ether oxygens (including phenoxy) is 1. The van der Waals surface area contributed by atoms with Gasteiger partial charge in [-0.15, -0.1) is 0 Å². The van der Waals surface area contributed by atoms with E-state index < -0.39 is 14.8 Å². The number of aromatic amines is 1. The van der Waals surface area contributed by atoms with Gasteiger partial charge in [-0.3, -0.25) is 10.1 Å². The van der Waals surface area contributed by atoms with Crippen molar-refractivity contribution in [1.82, 2.24) is 14.9 Å². The van der Waals surface area contributed by atoms with Crippen molar-refractivity contribution in [3.63, 3.8) is 0 Å². The summed E-state index contributed by atoms with van der Waals surface area (Å²) < 4.78 is 3.50. The van der Waals surface area contributed by atoms with Gasteiger partial charge >= 0.3 is 11.8 Å². The Hall–Kier alpha value is -2.75. The number of carbonyl (C=O) groups is 1. The van der Waals surface area contributed by atoms with Crippen LogP contribution >= 0.6 is 34.8 Å². The van der Waals surface area contributed by atoms with Crippen LogP contribution in [0.25, 0.3) is 10.9 Å². The molecule has 174 valence electrons. The lowest BCUT2D eigenvalue weighted by molar-refractivity contribution is -0.384. The fourth-order valence-electron chi connectivity index (χ4n) is 3.97. The van der Waals surface area contributed by atoms with Crippen LogP contribution in [0.5, 0.6) is 0 Å². The Labute approximate surface area is 204 Å². The van der Waals surface area contributed by atoms with Crippen molar-refractivity contribution in [3.8, 4) is 0 Å². The normalized spacial score (nSPS) is 16.2. The molecule has 3 heterocycles. The fourth-order valence-corrected chi connectivity index (χ4v) is 4.13. The van der Waals surface area contributed by atoms with Crippen molar-refractivity contribution in [1.29, 1.82) is 0 Å². The number of hydrogen-bond acceptors (Lipinski definition) is 6. The SMILES string of the molecule is O=C(OCC(Cl)(Cl)Cl)N1CCC[C@@H]1Cc1c[nH]c2ccc(Nc3ncccc3[N+](=O)[O-])cc12. The molecule has 0 bridgehead atoms. The highest BCUT2D eigenvalue weighted by Gasteiger charge is 2.32. The number of amides is 1. The van der Waals surface area contributed by atoms with Gasteiger partial charge in [0.25, 0.3) is 0 Å². The van der Waals surface area contributed by atoms with E-state index in [1.54, 1.807) is 4.90 Å². The number of H-pyrrole nitrogens is 1. The van der Waals surface area contributed by atoms with Crippen molar-refractivity contribution >= 4 is 69.0 Å². The number of rotatable bonds is 6. The fraction of sp³-hybridized carbons (Fsp3) is 0.333. The molecule has 0 aliphatic carbocycles. The number of benzene rings is 1. The zero-order chi connectivity index (χ0) is 23.6. The number of fused-ring (bicyclic) bond motifs is 1. The number of nitrogens with one attached hydrogen (secondary N) is 2. The first-order valence-electron chi connectivity index (χ1n) is 10.2. The molecule has 1 fully saturated rings. The second kappa shape index (κ2) is 9.62. The Morgan fingerprint density at radius 3 is 2.94 bits per heavy atom. The van der Waals surface area contributed by atoms with Crippen molar-refractivity contribution in [3.05, 3.63) is 58.4 Å². The third-order valence-electron chi connectivity index (χ3n) is 5.44. The number of nitro groups is 1. The van der Waals surface area contributed by atoms with E-state index in [2.05, 4.69) is 15.3 Å². The molecular weight excluding hydrogens is 493 g/mol. The molecule has 4 rings (SSSR count). The molecule has 2 aromatic heterocycles. The molecule has 3 aromatic rings. The van der Waals surface area contributed by atoms with Gasteiger partial charge in [0.15, 0.2) is 0 Å². The Kier molecular flexibility index (Phi) is 6.83. The van der Waals surface area contributed by atoms with E-state index in [1.165, 1.54) is 18.3 Å². The van der Waals surface area contributed by atoms with Gasteiger partial charge in [0.05, 0.1) is 4.92 Å². The number of pyridine rings is 1. The Bertz CT molecular complexity index is 1180. The number of hydrogen-bond donors (Lipinski definition) is 2. The number of anilines is 2. The Morgan fingerprint density at radius 1 is 1.36 bits per heavy atom. The quantitative estimate of drug-likeness (QED) is 0.248. The summed E-state index contributed by atoms with van der Waals surface area (Å²) in [6.45, 7) is 0.253. The van der Waals surface area contributed by atoms with Gasteiger partial charge in [0.1, 0.15) is 6.61 Å². The van der Waals surface area contributed by atoms with Crippen LogP contribution in [-0.4, -0.2) is 48.9 Å². The van der Waals surface area contributed by atoms with Gasteiger partial charge in [0, 0.05) is 47.6 Å². The molecule has 12 heteroatoms. The molecule has 1 amide bonds. The van der Waals surface area contributed by atoms with E-state index in [9.17, 15) is 14.9 Å².